The van der Waals surface area contributed by atoms with E-state index in [-0.39, 0.29) is 23.5 Å². The molecule has 0 aliphatic carbocycles. The van der Waals surface area contributed by atoms with Gasteiger partial charge in [-0.15, -0.1) is 5.06 Å². The second-order valence-corrected chi connectivity index (χ2v) is 6.89. The van der Waals surface area contributed by atoms with Crippen molar-refractivity contribution >= 4 is 11.9 Å². The van der Waals surface area contributed by atoms with Crippen LogP contribution in [0.3, 0.4) is 0 Å². The molecule has 0 unspecified atom stereocenters. The zero-order valence-electron chi connectivity index (χ0n) is 14.3. The smallest absolute Gasteiger partial charge is 0.352 e. The van der Waals surface area contributed by atoms with E-state index in [1.165, 1.54) is 0 Å². The second kappa shape index (κ2) is 7.58. The lowest BCUT2D eigenvalue weighted by molar-refractivity contribution is -0.196. The van der Waals surface area contributed by atoms with Crippen molar-refractivity contribution in [3.63, 3.8) is 0 Å². The largest absolute Gasteiger partial charge is 0.459 e. The third kappa shape index (κ3) is 6.43. The number of esters is 1. The standard InChI is InChI=1S/C17H27NO4/c1-12(2)15(19)21-14-7-9-18(10-8-14)22-16(20)13(3)11-17(4,5)6/h11,14H,1,7-10H2,2-6H3. The van der Waals surface area contributed by atoms with E-state index in [4.69, 9.17) is 9.57 Å². The van der Waals surface area contributed by atoms with Gasteiger partial charge in [-0.05, 0) is 19.3 Å². The molecule has 124 valence electrons. The Morgan fingerprint density at radius 2 is 1.68 bits per heavy atom. The summed E-state index contributed by atoms with van der Waals surface area (Å²) in [6.07, 6.45) is 3.06. The number of nitrogens with zero attached hydrogens (tertiary/aromatic N) is 1. The molecule has 0 amide bonds. The van der Waals surface area contributed by atoms with Gasteiger partial charge in [0.15, 0.2) is 0 Å². The lowest BCUT2D eigenvalue weighted by atomic mass is 9.94. The maximum atomic E-state index is 12.0. The predicted octanol–water partition coefficient (Wildman–Crippen LogP) is 3.02. The summed E-state index contributed by atoms with van der Waals surface area (Å²) in [4.78, 5) is 28.8. The summed E-state index contributed by atoms with van der Waals surface area (Å²) < 4.78 is 5.30. The van der Waals surface area contributed by atoms with Gasteiger partial charge in [-0.25, -0.2) is 9.59 Å². The van der Waals surface area contributed by atoms with Crippen molar-refractivity contribution in [1.82, 2.24) is 5.06 Å². The van der Waals surface area contributed by atoms with Gasteiger partial charge in [0.2, 0.25) is 0 Å². The highest BCUT2D eigenvalue weighted by atomic mass is 16.7. The van der Waals surface area contributed by atoms with E-state index in [1.54, 1.807) is 18.9 Å². The molecule has 22 heavy (non-hydrogen) atoms. The Bertz CT molecular complexity index is 466. The summed E-state index contributed by atoms with van der Waals surface area (Å²) in [5.74, 6) is -0.688. The first-order valence-electron chi connectivity index (χ1n) is 7.61. The monoisotopic (exact) mass is 309 g/mol. The number of hydrogen-bond donors (Lipinski definition) is 0. The predicted molar refractivity (Wildman–Crippen MR) is 84.8 cm³/mol. The molecular formula is C17H27NO4. The van der Waals surface area contributed by atoms with Crippen LogP contribution >= 0.6 is 0 Å². The minimum Gasteiger partial charge on any atom is -0.459 e. The van der Waals surface area contributed by atoms with E-state index in [0.717, 1.165) is 0 Å². The van der Waals surface area contributed by atoms with E-state index >= 15 is 0 Å². The molecule has 0 N–H and O–H groups in total. The highest BCUT2D eigenvalue weighted by Crippen LogP contribution is 2.19. The molecule has 0 atom stereocenters. The minimum atomic E-state index is -0.362. The van der Waals surface area contributed by atoms with Crippen LogP contribution in [0.1, 0.15) is 47.5 Å². The third-order valence-electron chi connectivity index (χ3n) is 3.21. The molecule has 0 spiro atoms. The van der Waals surface area contributed by atoms with E-state index in [2.05, 4.69) is 6.58 Å². The quantitative estimate of drug-likeness (QED) is 0.590. The number of allylic oxidation sites excluding steroid dienone is 1. The number of carbonyl (C=O) groups is 2. The van der Waals surface area contributed by atoms with Gasteiger partial charge in [-0.2, -0.15) is 0 Å². The molecule has 1 aliphatic rings. The lowest BCUT2D eigenvalue weighted by Gasteiger charge is -2.30. The first-order valence-corrected chi connectivity index (χ1v) is 7.61. The number of hydrogen-bond acceptors (Lipinski definition) is 5. The van der Waals surface area contributed by atoms with Crippen LogP contribution in [-0.2, 0) is 19.2 Å². The minimum absolute atomic E-state index is 0.0627. The van der Waals surface area contributed by atoms with Gasteiger partial charge >= 0.3 is 11.9 Å². The highest BCUT2D eigenvalue weighted by Gasteiger charge is 2.25. The molecule has 0 saturated carbocycles. The topological polar surface area (TPSA) is 55.8 Å². The molecule has 1 heterocycles. The average Bonchev–Trinajstić information content (AvgIpc) is 2.38. The fourth-order valence-corrected chi connectivity index (χ4v) is 2.19. The molecule has 1 saturated heterocycles. The normalized spacial score (nSPS) is 18.0. The fraction of sp³-hybridized carbons (Fsp3) is 0.647. The molecule has 0 aromatic carbocycles. The van der Waals surface area contributed by atoms with Crippen LogP contribution in [-0.4, -0.2) is 36.2 Å². The Kier molecular flexibility index (Phi) is 6.35. The SMILES string of the molecule is C=C(C)C(=O)OC1CCN(OC(=O)C(C)=CC(C)(C)C)CC1. The molecule has 0 bridgehead atoms. The van der Waals surface area contributed by atoms with Crippen molar-refractivity contribution in [3.05, 3.63) is 23.8 Å². The molecule has 0 aromatic rings. The van der Waals surface area contributed by atoms with E-state index < -0.39 is 0 Å². The summed E-state index contributed by atoms with van der Waals surface area (Å²) in [7, 11) is 0. The zero-order chi connectivity index (χ0) is 16.9. The number of ether oxygens (including phenoxy) is 1. The fourth-order valence-electron chi connectivity index (χ4n) is 2.19. The Morgan fingerprint density at radius 1 is 1.14 bits per heavy atom. The summed E-state index contributed by atoms with van der Waals surface area (Å²) in [5, 5.41) is 1.63. The average molecular weight is 309 g/mol. The molecular weight excluding hydrogens is 282 g/mol. The summed E-state index contributed by atoms with van der Waals surface area (Å²) >= 11 is 0. The van der Waals surface area contributed by atoms with Crippen LogP contribution in [0.2, 0.25) is 0 Å². The van der Waals surface area contributed by atoms with Gasteiger partial charge in [-0.1, -0.05) is 33.4 Å². The van der Waals surface area contributed by atoms with Gasteiger partial charge in [0.1, 0.15) is 6.10 Å². The van der Waals surface area contributed by atoms with Crippen molar-refractivity contribution in [1.29, 1.82) is 0 Å². The number of rotatable bonds is 4. The van der Waals surface area contributed by atoms with Crippen LogP contribution in [0.15, 0.2) is 23.8 Å². The van der Waals surface area contributed by atoms with E-state index in [0.29, 0.717) is 37.1 Å². The summed E-state index contributed by atoms with van der Waals surface area (Å²) in [6, 6.07) is 0. The van der Waals surface area contributed by atoms with Crippen LogP contribution in [0.5, 0.6) is 0 Å². The molecule has 5 heteroatoms. The maximum absolute atomic E-state index is 12.0. The first-order chi connectivity index (χ1) is 10.1. The Morgan fingerprint density at radius 3 is 2.14 bits per heavy atom. The van der Waals surface area contributed by atoms with Gasteiger partial charge in [0.05, 0.1) is 0 Å². The number of hydroxylamine groups is 2. The van der Waals surface area contributed by atoms with Gasteiger partial charge in [0, 0.05) is 37.1 Å². The van der Waals surface area contributed by atoms with Crippen molar-refractivity contribution in [2.24, 2.45) is 5.41 Å². The Labute approximate surface area is 132 Å². The Balaban J connectivity index is 2.43. The molecule has 5 nitrogen and oxygen atoms in total. The number of piperidine rings is 1. The zero-order valence-corrected chi connectivity index (χ0v) is 14.3. The van der Waals surface area contributed by atoms with Crippen molar-refractivity contribution in [2.45, 2.75) is 53.6 Å². The van der Waals surface area contributed by atoms with Crippen LogP contribution in [0.25, 0.3) is 0 Å². The lowest BCUT2D eigenvalue weighted by Crippen LogP contribution is -2.39. The van der Waals surface area contributed by atoms with Gasteiger partial charge in [-0.3, -0.25) is 0 Å². The molecule has 1 fully saturated rings. The molecule has 1 aliphatic heterocycles. The summed E-state index contributed by atoms with van der Waals surface area (Å²) in [5.41, 5.74) is 0.937. The van der Waals surface area contributed by atoms with Crippen molar-refractivity contribution < 1.29 is 19.2 Å². The van der Waals surface area contributed by atoms with Crippen molar-refractivity contribution in [2.75, 3.05) is 13.1 Å². The second-order valence-electron chi connectivity index (χ2n) is 6.89. The third-order valence-corrected chi connectivity index (χ3v) is 3.21. The number of carbonyl (C=O) groups excluding carboxylic acids is 2. The molecule has 1 rings (SSSR count). The van der Waals surface area contributed by atoms with Crippen LogP contribution < -0.4 is 0 Å². The summed E-state index contributed by atoms with van der Waals surface area (Å²) in [6.45, 7) is 14.2. The Hall–Kier alpha value is -1.62. The van der Waals surface area contributed by atoms with Crippen molar-refractivity contribution in [3.8, 4) is 0 Å². The van der Waals surface area contributed by atoms with E-state index in [1.807, 2.05) is 26.8 Å². The maximum Gasteiger partial charge on any atom is 0.352 e. The van der Waals surface area contributed by atoms with Crippen LogP contribution in [0, 0.1) is 5.41 Å². The van der Waals surface area contributed by atoms with Gasteiger partial charge < -0.3 is 9.57 Å². The van der Waals surface area contributed by atoms with Crippen LogP contribution in [0.4, 0.5) is 0 Å². The molecule has 0 radical (unpaired) electrons. The highest BCUT2D eigenvalue weighted by molar-refractivity contribution is 5.87. The van der Waals surface area contributed by atoms with Gasteiger partial charge in [0.25, 0.3) is 0 Å². The first kappa shape index (κ1) is 18.4. The molecule has 0 aromatic heterocycles. The van der Waals surface area contributed by atoms with E-state index in [9.17, 15) is 9.59 Å².